The fourth-order valence-corrected chi connectivity index (χ4v) is 2.38. The predicted molar refractivity (Wildman–Crippen MR) is 66.2 cm³/mol. The van der Waals surface area contributed by atoms with E-state index in [2.05, 4.69) is 10.00 Å². The quantitative estimate of drug-likeness (QED) is 0.808. The van der Waals surface area contributed by atoms with Crippen LogP contribution in [0.3, 0.4) is 0 Å². The molecule has 1 aliphatic heterocycles. The van der Waals surface area contributed by atoms with Crippen molar-refractivity contribution in [1.82, 2.24) is 9.78 Å². The van der Waals surface area contributed by atoms with E-state index in [4.69, 9.17) is 5.73 Å². The Morgan fingerprint density at radius 3 is 2.65 bits per heavy atom. The van der Waals surface area contributed by atoms with E-state index in [-0.39, 0.29) is 0 Å². The van der Waals surface area contributed by atoms with Gasteiger partial charge < -0.3 is 10.6 Å². The van der Waals surface area contributed by atoms with Gasteiger partial charge in [-0.3, -0.25) is 0 Å². The first-order valence-corrected chi connectivity index (χ1v) is 5.80. The van der Waals surface area contributed by atoms with Gasteiger partial charge in [0.25, 0.3) is 0 Å². The summed E-state index contributed by atoms with van der Waals surface area (Å²) in [6.45, 7) is 2.00. The lowest BCUT2D eigenvalue weighted by molar-refractivity contribution is 0.248. The molecule has 17 heavy (non-hydrogen) atoms. The highest BCUT2D eigenvalue weighted by atomic mass is 16.2. The molecular formula is C12H14N4O. The van der Waals surface area contributed by atoms with E-state index < -0.39 is 6.03 Å². The summed E-state index contributed by atoms with van der Waals surface area (Å²) in [7, 11) is 0. The largest absolute Gasteiger partial charge is 0.355 e. The summed E-state index contributed by atoms with van der Waals surface area (Å²) in [5.74, 6) is 0.872. The summed E-state index contributed by atoms with van der Waals surface area (Å²) in [5, 5.41) is 5.33. The lowest BCUT2D eigenvalue weighted by Crippen LogP contribution is -2.22. The van der Waals surface area contributed by atoms with Crippen molar-refractivity contribution in [3.63, 3.8) is 0 Å². The maximum absolute atomic E-state index is 11.3. The molecule has 0 spiro atoms. The molecule has 0 saturated carbocycles. The molecule has 5 nitrogen and oxygen atoms in total. The van der Waals surface area contributed by atoms with Crippen molar-refractivity contribution in [2.75, 3.05) is 18.0 Å². The van der Waals surface area contributed by atoms with Gasteiger partial charge in [0.1, 0.15) is 0 Å². The summed E-state index contributed by atoms with van der Waals surface area (Å²) < 4.78 is 1.28. The number of carbonyl (C=O) groups is 1. The second-order valence-corrected chi connectivity index (χ2v) is 4.28. The number of hydrogen-bond acceptors (Lipinski definition) is 3. The molecule has 2 aromatic rings. The van der Waals surface area contributed by atoms with E-state index in [9.17, 15) is 4.79 Å². The van der Waals surface area contributed by atoms with E-state index >= 15 is 0 Å². The summed E-state index contributed by atoms with van der Waals surface area (Å²) in [5.41, 5.74) is 6.11. The molecule has 0 aliphatic carbocycles. The van der Waals surface area contributed by atoms with Crippen molar-refractivity contribution >= 4 is 22.8 Å². The second kappa shape index (κ2) is 3.76. The zero-order valence-corrected chi connectivity index (χ0v) is 9.47. The molecule has 2 N–H and O–H groups in total. The molecule has 1 aliphatic rings. The Hall–Kier alpha value is -2.04. The molecule has 88 valence electrons. The molecule has 1 aromatic carbocycles. The first kappa shape index (κ1) is 10.1. The molecule has 0 unspecified atom stereocenters. The number of amides is 1. The summed E-state index contributed by atoms with van der Waals surface area (Å²) in [6.07, 6.45) is 2.36. The number of nitrogens with zero attached hydrogens (tertiary/aromatic N) is 3. The van der Waals surface area contributed by atoms with Crippen LogP contribution in [0.25, 0.3) is 10.9 Å². The van der Waals surface area contributed by atoms with Crippen molar-refractivity contribution in [3.8, 4) is 0 Å². The minimum atomic E-state index is -0.536. The number of carbonyl (C=O) groups excluding carboxylic acids is 1. The lowest BCUT2D eigenvalue weighted by Gasteiger charge is -2.13. The van der Waals surface area contributed by atoms with Gasteiger partial charge in [0, 0.05) is 18.5 Å². The van der Waals surface area contributed by atoms with Crippen molar-refractivity contribution in [3.05, 3.63) is 24.3 Å². The smallest absolute Gasteiger partial charge is 0.340 e. The summed E-state index contributed by atoms with van der Waals surface area (Å²) >= 11 is 0. The van der Waals surface area contributed by atoms with Gasteiger partial charge in [-0.2, -0.15) is 4.68 Å². The van der Waals surface area contributed by atoms with Crippen LogP contribution in [0, 0.1) is 0 Å². The minimum Gasteiger partial charge on any atom is -0.355 e. The van der Waals surface area contributed by atoms with Crippen LogP contribution < -0.4 is 10.6 Å². The normalized spacial score (nSPS) is 15.6. The Morgan fingerprint density at radius 2 is 1.94 bits per heavy atom. The monoisotopic (exact) mass is 230 g/mol. The number of rotatable bonds is 1. The average molecular weight is 230 g/mol. The Kier molecular flexibility index (Phi) is 2.24. The molecule has 0 radical (unpaired) electrons. The van der Waals surface area contributed by atoms with Crippen LogP contribution in [-0.4, -0.2) is 28.9 Å². The van der Waals surface area contributed by atoms with Gasteiger partial charge in [-0.1, -0.05) is 12.1 Å². The van der Waals surface area contributed by atoms with E-state index in [1.165, 1.54) is 17.5 Å². The predicted octanol–water partition coefficient (Wildman–Crippen LogP) is 1.56. The van der Waals surface area contributed by atoms with Crippen LogP contribution in [0.5, 0.6) is 0 Å². The molecule has 1 aromatic heterocycles. The zero-order chi connectivity index (χ0) is 11.8. The van der Waals surface area contributed by atoms with E-state index in [0.717, 1.165) is 29.8 Å². The molecule has 2 heterocycles. The van der Waals surface area contributed by atoms with Crippen molar-refractivity contribution in [2.45, 2.75) is 12.8 Å². The number of benzene rings is 1. The topological polar surface area (TPSA) is 64.2 Å². The number of fused-ring (bicyclic) bond motifs is 1. The van der Waals surface area contributed by atoms with Gasteiger partial charge in [0.2, 0.25) is 0 Å². The summed E-state index contributed by atoms with van der Waals surface area (Å²) in [6, 6.07) is 7.15. The maximum Gasteiger partial charge on any atom is 0.340 e. The third kappa shape index (κ3) is 1.54. The van der Waals surface area contributed by atoms with E-state index in [0.29, 0.717) is 0 Å². The molecule has 0 bridgehead atoms. The first-order valence-electron chi connectivity index (χ1n) is 5.80. The van der Waals surface area contributed by atoms with Gasteiger partial charge in [0.15, 0.2) is 5.82 Å². The molecule has 3 rings (SSSR count). The molecule has 0 atom stereocenters. The molecule has 1 fully saturated rings. The molecule has 5 heteroatoms. The van der Waals surface area contributed by atoms with Gasteiger partial charge in [0.05, 0.1) is 5.52 Å². The third-order valence-corrected chi connectivity index (χ3v) is 3.18. The number of nitrogens with two attached hydrogens (primary N) is 1. The van der Waals surface area contributed by atoms with Crippen molar-refractivity contribution < 1.29 is 4.79 Å². The highest BCUT2D eigenvalue weighted by Gasteiger charge is 2.20. The van der Waals surface area contributed by atoms with Gasteiger partial charge in [-0.25, -0.2) is 4.79 Å². The SMILES string of the molecule is NC(=O)n1nc(N2CCCC2)c2ccccc21. The Labute approximate surface area is 98.8 Å². The number of primary amides is 1. The number of aromatic nitrogens is 2. The highest BCUT2D eigenvalue weighted by Crippen LogP contribution is 2.28. The van der Waals surface area contributed by atoms with Gasteiger partial charge >= 0.3 is 6.03 Å². The van der Waals surface area contributed by atoms with Crippen LogP contribution in [0.2, 0.25) is 0 Å². The van der Waals surface area contributed by atoms with Crippen LogP contribution in [-0.2, 0) is 0 Å². The molecule has 1 saturated heterocycles. The second-order valence-electron chi connectivity index (χ2n) is 4.28. The van der Waals surface area contributed by atoms with Crippen LogP contribution in [0.15, 0.2) is 24.3 Å². The minimum absolute atomic E-state index is 0.536. The van der Waals surface area contributed by atoms with Gasteiger partial charge in [-0.15, -0.1) is 5.10 Å². The van der Waals surface area contributed by atoms with E-state index in [1.54, 1.807) is 0 Å². The van der Waals surface area contributed by atoms with Crippen LogP contribution in [0.1, 0.15) is 12.8 Å². The Balaban J connectivity index is 2.20. The number of hydrogen-bond donors (Lipinski definition) is 1. The fraction of sp³-hybridized carbons (Fsp3) is 0.333. The number of anilines is 1. The third-order valence-electron chi connectivity index (χ3n) is 3.18. The maximum atomic E-state index is 11.3. The van der Waals surface area contributed by atoms with Crippen LogP contribution >= 0.6 is 0 Å². The highest BCUT2D eigenvalue weighted by molar-refractivity contribution is 5.96. The zero-order valence-electron chi connectivity index (χ0n) is 9.47. The van der Waals surface area contributed by atoms with Crippen molar-refractivity contribution in [2.24, 2.45) is 5.73 Å². The fourth-order valence-electron chi connectivity index (χ4n) is 2.38. The molecular weight excluding hydrogens is 216 g/mol. The Bertz CT molecular complexity index is 569. The van der Waals surface area contributed by atoms with E-state index in [1.807, 2.05) is 24.3 Å². The summed E-state index contributed by atoms with van der Waals surface area (Å²) in [4.78, 5) is 13.6. The first-order chi connectivity index (χ1) is 8.27. The lowest BCUT2D eigenvalue weighted by atomic mass is 10.2. The van der Waals surface area contributed by atoms with Crippen molar-refractivity contribution in [1.29, 1.82) is 0 Å². The van der Waals surface area contributed by atoms with Crippen LogP contribution in [0.4, 0.5) is 10.6 Å². The van der Waals surface area contributed by atoms with Gasteiger partial charge in [-0.05, 0) is 25.0 Å². The standard InChI is InChI=1S/C12H14N4O/c13-12(17)16-10-6-2-1-5-9(10)11(14-16)15-7-3-4-8-15/h1-2,5-6H,3-4,7-8H2,(H2,13,17). The Morgan fingerprint density at radius 1 is 1.24 bits per heavy atom. The number of para-hydroxylation sites is 1. The average Bonchev–Trinajstić information content (AvgIpc) is 2.95. The molecule has 1 amide bonds.